The molecule has 0 amide bonds. The van der Waals surface area contributed by atoms with Crippen LogP contribution in [0.25, 0.3) is 5.69 Å². The van der Waals surface area contributed by atoms with E-state index in [9.17, 15) is 0 Å². The Kier molecular flexibility index (Phi) is 1.38. The van der Waals surface area contributed by atoms with Crippen LogP contribution in [0.4, 0.5) is 11.5 Å². The number of nitrogens with one attached hydrogen (secondary N) is 1. The zero-order chi connectivity index (χ0) is 9.38. The molecule has 5 nitrogen and oxygen atoms in total. The van der Waals surface area contributed by atoms with E-state index in [4.69, 9.17) is 0 Å². The van der Waals surface area contributed by atoms with E-state index in [0.717, 1.165) is 11.4 Å². The summed E-state index contributed by atoms with van der Waals surface area (Å²) >= 11 is 0. The molecule has 2 aromatic heterocycles. The molecule has 3 heterocycles. The van der Waals surface area contributed by atoms with Crippen LogP contribution in [0.1, 0.15) is 0 Å². The molecular formula is C9H7N5+. The highest BCUT2D eigenvalue weighted by molar-refractivity contribution is 5.91. The van der Waals surface area contributed by atoms with Crippen molar-refractivity contribution in [1.82, 2.24) is 19.8 Å². The van der Waals surface area contributed by atoms with Gasteiger partial charge in [-0.25, -0.2) is 4.68 Å². The van der Waals surface area contributed by atoms with Crippen LogP contribution in [0.5, 0.6) is 0 Å². The Balaban J connectivity index is 2.22. The van der Waals surface area contributed by atoms with E-state index in [0.29, 0.717) is 5.82 Å². The van der Waals surface area contributed by atoms with Crippen molar-refractivity contribution in [2.45, 2.75) is 0 Å². The highest BCUT2D eigenvalue weighted by atomic mass is 15.3. The lowest BCUT2D eigenvalue weighted by molar-refractivity contribution is 0.880. The summed E-state index contributed by atoms with van der Waals surface area (Å²) in [4.78, 5) is 8.21. The Labute approximate surface area is 80.1 Å². The molecule has 1 N–H and O–H groups in total. The van der Waals surface area contributed by atoms with Gasteiger partial charge in [0.15, 0.2) is 0 Å². The number of pyridine rings is 1. The summed E-state index contributed by atoms with van der Waals surface area (Å²) in [5.74, 6) is 0.706. The first kappa shape index (κ1) is 7.25. The molecule has 5 heteroatoms. The predicted octanol–water partition coefficient (Wildman–Crippen LogP) is 0.688. The quantitative estimate of drug-likeness (QED) is 0.711. The van der Waals surface area contributed by atoms with Crippen molar-refractivity contribution in [3.05, 3.63) is 30.7 Å². The van der Waals surface area contributed by atoms with Gasteiger partial charge in [0.2, 0.25) is 12.0 Å². The minimum atomic E-state index is 0.706. The topological polar surface area (TPSA) is 56.8 Å². The van der Waals surface area contributed by atoms with Gasteiger partial charge >= 0.3 is 5.82 Å². The number of anilines is 1. The molecule has 0 aromatic carbocycles. The highest BCUT2D eigenvalue weighted by Gasteiger charge is 2.21. The molecule has 1 aliphatic rings. The Morgan fingerprint density at radius 2 is 2.36 bits per heavy atom. The van der Waals surface area contributed by atoms with Crippen LogP contribution in [-0.2, 0) is 0 Å². The minimum absolute atomic E-state index is 0.706. The van der Waals surface area contributed by atoms with E-state index in [1.165, 1.54) is 0 Å². The summed E-state index contributed by atoms with van der Waals surface area (Å²) < 4.78 is 1.78. The fourth-order valence-electron chi connectivity index (χ4n) is 1.44. The van der Waals surface area contributed by atoms with E-state index >= 15 is 0 Å². The molecule has 1 radical (unpaired) electrons. The van der Waals surface area contributed by atoms with Gasteiger partial charge in [0.05, 0.1) is 0 Å². The van der Waals surface area contributed by atoms with Gasteiger partial charge in [-0.1, -0.05) is 4.99 Å². The van der Waals surface area contributed by atoms with Crippen LogP contribution in [0, 0.1) is 0 Å². The minimum Gasteiger partial charge on any atom is -0.269 e. The number of rotatable bonds is 1. The first-order valence-corrected chi connectivity index (χ1v) is 4.23. The second-order valence-corrected chi connectivity index (χ2v) is 2.88. The Morgan fingerprint density at radius 3 is 3.21 bits per heavy atom. The van der Waals surface area contributed by atoms with Gasteiger partial charge in [0.1, 0.15) is 11.9 Å². The zero-order valence-electron chi connectivity index (χ0n) is 7.25. The lowest BCUT2D eigenvalue weighted by Crippen LogP contribution is -1.99. The maximum atomic E-state index is 4.16. The molecule has 2 aromatic rings. The SMILES string of the molecule is C1=[N+]c2nccc(-n3cccn3)c2N1. The maximum Gasteiger partial charge on any atom is 0.338 e. The van der Waals surface area contributed by atoms with Crippen LogP contribution >= 0.6 is 0 Å². The van der Waals surface area contributed by atoms with Crippen LogP contribution < -0.4 is 10.3 Å². The number of fused-ring (bicyclic) bond motifs is 1. The summed E-state index contributed by atoms with van der Waals surface area (Å²) in [6.45, 7) is 0. The van der Waals surface area contributed by atoms with Crippen LogP contribution in [-0.4, -0.2) is 21.1 Å². The fraction of sp³-hybridized carbons (Fsp3) is 0. The summed E-state index contributed by atoms with van der Waals surface area (Å²) in [5, 5.41) is 7.20. The molecule has 0 unspecified atom stereocenters. The number of nitrogens with zero attached hydrogens (tertiary/aromatic N) is 4. The second kappa shape index (κ2) is 2.66. The lowest BCUT2D eigenvalue weighted by atomic mass is 10.3. The van der Waals surface area contributed by atoms with Crippen LogP contribution in [0.3, 0.4) is 0 Å². The molecule has 67 valence electrons. The molecular weight excluding hydrogens is 178 g/mol. The highest BCUT2D eigenvalue weighted by Crippen LogP contribution is 2.27. The van der Waals surface area contributed by atoms with E-state index in [1.807, 2.05) is 18.3 Å². The summed E-state index contributed by atoms with van der Waals surface area (Å²) in [7, 11) is 0. The first-order valence-electron chi connectivity index (χ1n) is 4.23. The van der Waals surface area contributed by atoms with Crippen molar-refractivity contribution in [3.8, 4) is 5.69 Å². The lowest BCUT2D eigenvalue weighted by Gasteiger charge is -2.01. The van der Waals surface area contributed by atoms with Gasteiger partial charge in [0, 0.05) is 18.5 Å². The van der Waals surface area contributed by atoms with Gasteiger partial charge in [-0.3, -0.25) is 5.32 Å². The zero-order valence-corrected chi connectivity index (χ0v) is 7.25. The van der Waals surface area contributed by atoms with Crippen LogP contribution in [0.2, 0.25) is 0 Å². The molecule has 14 heavy (non-hydrogen) atoms. The van der Waals surface area contributed by atoms with Gasteiger partial charge in [0.25, 0.3) is 0 Å². The van der Waals surface area contributed by atoms with Gasteiger partial charge < -0.3 is 0 Å². The Hall–Kier alpha value is -2.17. The molecule has 0 saturated carbocycles. The third-order valence-corrected chi connectivity index (χ3v) is 2.06. The number of hydrogen-bond donors (Lipinski definition) is 1. The van der Waals surface area contributed by atoms with Crippen molar-refractivity contribution in [1.29, 1.82) is 0 Å². The monoisotopic (exact) mass is 185 g/mol. The van der Waals surface area contributed by atoms with Crippen LogP contribution in [0.15, 0.2) is 30.7 Å². The fourth-order valence-corrected chi connectivity index (χ4v) is 1.44. The van der Waals surface area contributed by atoms with Crippen molar-refractivity contribution in [2.24, 2.45) is 0 Å². The van der Waals surface area contributed by atoms with E-state index in [2.05, 4.69) is 20.4 Å². The van der Waals surface area contributed by atoms with Crippen molar-refractivity contribution in [2.75, 3.05) is 5.32 Å². The molecule has 0 fully saturated rings. The molecule has 0 spiro atoms. The second-order valence-electron chi connectivity index (χ2n) is 2.88. The average Bonchev–Trinajstić information content (AvgIpc) is 2.88. The normalized spacial score (nSPS) is 12.6. The van der Waals surface area contributed by atoms with E-state index in [-0.39, 0.29) is 0 Å². The summed E-state index contributed by atoms with van der Waals surface area (Å²) in [6, 6.07) is 3.77. The standard InChI is InChI=1S/C9H7N5/c1-3-13-14(5-1)7-2-4-10-9-8(7)11-6-12-9/h1-6,11H/q+1. The third-order valence-electron chi connectivity index (χ3n) is 2.06. The van der Waals surface area contributed by atoms with Crippen molar-refractivity contribution in [3.63, 3.8) is 0 Å². The predicted molar refractivity (Wildman–Crippen MR) is 52.8 cm³/mol. The van der Waals surface area contributed by atoms with Crippen molar-refractivity contribution < 1.29 is 0 Å². The van der Waals surface area contributed by atoms with Crippen molar-refractivity contribution >= 4 is 17.8 Å². The maximum absolute atomic E-state index is 4.16. The van der Waals surface area contributed by atoms with E-state index < -0.39 is 0 Å². The molecule has 0 aliphatic carbocycles. The smallest absolute Gasteiger partial charge is 0.269 e. The molecule has 3 rings (SSSR count). The van der Waals surface area contributed by atoms with Gasteiger partial charge in [-0.15, -0.1) is 4.98 Å². The van der Waals surface area contributed by atoms with Gasteiger partial charge in [-0.05, 0) is 6.07 Å². The molecule has 0 saturated heterocycles. The largest absolute Gasteiger partial charge is 0.338 e. The summed E-state index contributed by atoms with van der Waals surface area (Å²) in [5.41, 5.74) is 1.86. The number of aliphatic imine (C=N–C) groups is 1. The molecule has 0 atom stereocenters. The van der Waals surface area contributed by atoms with E-state index in [1.54, 1.807) is 23.4 Å². The average molecular weight is 185 g/mol. The third kappa shape index (κ3) is 0.922. The number of hydrogen-bond acceptors (Lipinski definition) is 4. The summed E-state index contributed by atoms with van der Waals surface area (Å²) in [6.07, 6.45) is 6.98. The Morgan fingerprint density at radius 1 is 1.36 bits per heavy atom. The molecule has 0 bridgehead atoms. The molecule has 1 aliphatic heterocycles. The number of aromatic nitrogens is 3. The Bertz CT molecular complexity index is 486. The first-order chi connectivity index (χ1) is 6.95. The van der Waals surface area contributed by atoms with Gasteiger partial charge in [-0.2, -0.15) is 5.10 Å².